The van der Waals surface area contributed by atoms with E-state index in [2.05, 4.69) is 21.3 Å². The van der Waals surface area contributed by atoms with Crippen LogP contribution in [-0.2, 0) is 22.6 Å². The minimum absolute atomic E-state index is 0.107. The lowest BCUT2D eigenvalue weighted by molar-refractivity contribution is -0.129. The fourth-order valence-corrected chi connectivity index (χ4v) is 5.46. The Labute approximate surface area is 258 Å². The summed E-state index contributed by atoms with van der Waals surface area (Å²) in [4.78, 5) is 40.8. The summed E-state index contributed by atoms with van der Waals surface area (Å²) in [6, 6.07) is 18.5. The quantitative estimate of drug-likeness (QED) is 0.232. The number of aliphatic hydroxyl groups excluding tert-OH is 1. The molecular weight excluding hydrogens is 561 g/mol. The van der Waals surface area contributed by atoms with Crippen molar-refractivity contribution in [2.24, 2.45) is 5.92 Å². The molecule has 1 aliphatic heterocycles. The molecular formula is C34H42FN5O4. The van der Waals surface area contributed by atoms with Crippen molar-refractivity contribution < 1.29 is 23.9 Å². The maximum atomic E-state index is 14.3. The first-order chi connectivity index (χ1) is 20.9. The molecule has 3 unspecified atom stereocenters. The number of halogens is 1. The van der Waals surface area contributed by atoms with Crippen LogP contribution in [0.3, 0.4) is 0 Å². The molecule has 0 bridgehead atoms. The largest absolute Gasteiger partial charge is 0.392 e. The third-order valence-corrected chi connectivity index (χ3v) is 7.78. The molecule has 44 heavy (non-hydrogen) atoms. The van der Waals surface area contributed by atoms with E-state index in [4.69, 9.17) is 0 Å². The van der Waals surface area contributed by atoms with Crippen molar-refractivity contribution in [3.63, 3.8) is 0 Å². The summed E-state index contributed by atoms with van der Waals surface area (Å²) < 4.78 is 14.3. The highest BCUT2D eigenvalue weighted by Gasteiger charge is 2.37. The molecule has 1 heterocycles. The zero-order chi connectivity index (χ0) is 32.0. The van der Waals surface area contributed by atoms with Crippen LogP contribution in [0.5, 0.6) is 0 Å². The molecule has 3 atom stereocenters. The van der Waals surface area contributed by atoms with E-state index < -0.39 is 17.7 Å². The Morgan fingerprint density at radius 1 is 1.09 bits per heavy atom. The molecule has 4 amide bonds. The zero-order valence-corrected chi connectivity index (χ0v) is 25.9. The summed E-state index contributed by atoms with van der Waals surface area (Å²) >= 11 is 0. The first-order valence-electron chi connectivity index (χ1n) is 14.9. The number of nitrogens with zero attached hydrogens (tertiary/aromatic N) is 1. The topological polar surface area (TPSA) is 123 Å². The van der Waals surface area contributed by atoms with Gasteiger partial charge in [-0.3, -0.25) is 9.59 Å². The molecule has 0 aliphatic carbocycles. The van der Waals surface area contributed by atoms with E-state index in [9.17, 15) is 23.9 Å². The van der Waals surface area contributed by atoms with Crippen LogP contribution in [0, 0.1) is 11.7 Å². The number of β-amino-alcohol motifs (C(OH)–C–C–N with tert-alkyl or cyclic N) is 1. The normalized spacial score (nSPS) is 17.3. The molecule has 234 valence electrons. The second kappa shape index (κ2) is 14.0. The van der Waals surface area contributed by atoms with E-state index in [0.29, 0.717) is 29.9 Å². The van der Waals surface area contributed by atoms with Crippen LogP contribution in [0.4, 0.5) is 20.6 Å². The predicted octanol–water partition coefficient (Wildman–Crippen LogP) is 4.59. The predicted molar refractivity (Wildman–Crippen MR) is 171 cm³/mol. The van der Waals surface area contributed by atoms with Crippen molar-refractivity contribution in [2.45, 2.75) is 64.8 Å². The highest BCUT2D eigenvalue weighted by atomic mass is 19.1. The van der Waals surface area contributed by atoms with E-state index in [0.717, 1.165) is 16.7 Å². The standard InChI is InChI=1S/C34H42FN5O4/c1-21-16-25-17-26(35)14-15-29(25)40(32(43)31(21)39-30(42)18-34(3,4)37-19-22(2)41)20-23-10-12-24(13-11-23)27-8-6-7-9-28(27)38-33(44)36-5/h6-15,17,21-22,31,37,41H,16,18-20H2,1-5H3,(H,39,42)(H2,36,38,44). The van der Waals surface area contributed by atoms with Crippen LogP contribution in [0.15, 0.2) is 66.7 Å². The smallest absolute Gasteiger partial charge is 0.318 e. The van der Waals surface area contributed by atoms with Crippen LogP contribution >= 0.6 is 0 Å². The van der Waals surface area contributed by atoms with Crippen LogP contribution in [0.1, 0.15) is 45.2 Å². The van der Waals surface area contributed by atoms with E-state index in [-0.39, 0.29) is 42.5 Å². The Kier molecular flexibility index (Phi) is 10.4. The van der Waals surface area contributed by atoms with E-state index in [1.54, 1.807) is 24.9 Å². The zero-order valence-electron chi connectivity index (χ0n) is 25.9. The molecule has 5 N–H and O–H groups in total. The molecule has 1 aliphatic rings. The SMILES string of the molecule is CNC(=O)Nc1ccccc1-c1ccc(CN2C(=O)C(NC(=O)CC(C)(C)NCC(C)O)C(C)Cc3cc(F)ccc32)cc1. The number of carbonyl (C=O) groups excluding carboxylic acids is 3. The monoisotopic (exact) mass is 603 g/mol. The fraction of sp³-hybridized carbons (Fsp3) is 0.382. The van der Waals surface area contributed by atoms with Gasteiger partial charge in [0.1, 0.15) is 11.9 Å². The van der Waals surface area contributed by atoms with Crippen molar-refractivity contribution in [2.75, 3.05) is 23.8 Å². The van der Waals surface area contributed by atoms with Gasteiger partial charge in [0.25, 0.3) is 0 Å². The van der Waals surface area contributed by atoms with E-state index in [1.165, 1.54) is 12.1 Å². The highest BCUT2D eigenvalue weighted by molar-refractivity contribution is 6.01. The maximum Gasteiger partial charge on any atom is 0.318 e. The first kappa shape index (κ1) is 32.6. The summed E-state index contributed by atoms with van der Waals surface area (Å²) in [5.74, 6) is -1.22. The van der Waals surface area contributed by atoms with Gasteiger partial charge in [-0.15, -0.1) is 0 Å². The second-order valence-electron chi connectivity index (χ2n) is 12.2. The number of fused-ring (bicyclic) bond motifs is 1. The van der Waals surface area contributed by atoms with Crippen molar-refractivity contribution in [1.29, 1.82) is 0 Å². The lowest BCUT2D eigenvalue weighted by Crippen LogP contribution is -2.53. The molecule has 0 radical (unpaired) electrons. The van der Waals surface area contributed by atoms with Gasteiger partial charge < -0.3 is 31.3 Å². The van der Waals surface area contributed by atoms with Gasteiger partial charge in [-0.2, -0.15) is 0 Å². The number of nitrogens with one attached hydrogen (secondary N) is 4. The minimum atomic E-state index is -0.813. The lowest BCUT2D eigenvalue weighted by atomic mass is 9.93. The van der Waals surface area contributed by atoms with Crippen molar-refractivity contribution in [3.05, 3.63) is 83.7 Å². The summed E-state index contributed by atoms with van der Waals surface area (Å²) in [7, 11) is 1.55. The van der Waals surface area contributed by atoms with Crippen LogP contribution in [0.2, 0.25) is 0 Å². The van der Waals surface area contributed by atoms with Gasteiger partial charge in [0.05, 0.1) is 18.3 Å². The summed E-state index contributed by atoms with van der Waals surface area (Å²) in [5, 5.41) is 21.2. The third kappa shape index (κ3) is 8.21. The summed E-state index contributed by atoms with van der Waals surface area (Å²) in [6.07, 6.45) is -0.0376. The van der Waals surface area contributed by atoms with E-state index >= 15 is 0 Å². The average Bonchev–Trinajstić information content (AvgIpc) is 3.06. The molecule has 0 aromatic heterocycles. The Bertz CT molecular complexity index is 1490. The van der Waals surface area contributed by atoms with Crippen LogP contribution in [0.25, 0.3) is 11.1 Å². The molecule has 0 fully saturated rings. The van der Waals surface area contributed by atoms with Crippen LogP contribution < -0.4 is 26.2 Å². The number of urea groups is 1. The highest BCUT2D eigenvalue weighted by Crippen LogP contribution is 2.33. The number of hydrogen-bond acceptors (Lipinski definition) is 5. The number of carbonyl (C=O) groups is 3. The van der Waals surface area contributed by atoms with Gasteiger partial charge >= 0.3 is 6.03 Å². The summed E-state index contributed by atoms with van der Waals surface area (Å²) in [6.45, 7) is 7.85. The second-order valence-corrected chi connectivity index (χ2v) is 12.2. The molecule has 9 nitrogen and oxygen atoms in total. The Hall–Kier alpha value is -4.28. The van der Waals surface area contributed by atoms with Crippen molar-refractivity contribution in [3.8, 4) is 11.1 Å². The molecule has 3 aromatic rings. The van der Waals surface area contributed by atoms with Gasteiger partial charge in [0, 0.05) is 36.8 Å². The first-order valence-corrected chi connectivity index (χ1v) is 14.9. The van der Waals surface area contributed by atoms with Gasteiger partial charge in [-0.25, -0.2) is 9.18 Å². The number of amides is 4. The number of benzene rings is 3. The van der Waals surface area contributed by atoms with Gasteiger partial charge in [0.2, 0.25) is 11.8 Å². The molecule has 3 aromatic carbocycles. The van der Waals surface area contributed by atoms with E-state index in [1.807, 2.05) is 69.3 Å². The lowest BCUT2D eigenvalue weighted by Gasteiger charge is -2.30. The number of anilines is 2. The number of para-hydroxylation sites is 1. The Morgan fingerprint density at radius 2 is 1.80 bits per heavy atom. The van der Waals surface area contributed by atoms with Crippen molar-refractivity contribution >= 4 is 29.2 Å². The molecule has 0 saturated heterocycles. The van der Waals surface area contributed by atoms with Crippen molar-refractivity contribution in [1.82, 2.24) is 16.0 Å². The Balaban J connectivity index is 1.58. The number of hydrogen-bond donors (Lipinski definition) is 5. The molecule has 10 heteroatoms. The fourth-order valence-electron chi connectivity index (χ4n) is 5.46. The summed E-state index contributed by atoms with van der Waals surface area (Å²) in [5.41, 5.74) is 3.95. The third-order valence-electron chi connectivity index (χ3n) is 7.78. The molecule has 0 saturated carbocycles. The number of aliphatic hydroxyl groups is 1. The minimum Gasteiger partial charge on any atom is -0.392 e. The van der Waals surface area contributed by atoms with Gasteiger partial charge in [-0.1, -0.05) is 49.4 Å². The number of rotatable bonds is 10. The molecule has 0 spiro atoms. The van der Waals surface area contributed by atoms with Gasteiger partial charge in [-0.05, 0) is 74.1 Å². The van der Waals surface area contributed by atoms with Crippen LogP contribution in [-0.4, -0.2) is 54.2 Å². The Morgan fingerprint density at radius 3 is 2.48 bits per heavy atom. The van der Waals surface area contributed by atoms with Gasteiger partial charge in [0.15, 0.2) is 0 Å². The average molecular weight is 604 g/mol. The maximum absolute atomic E-state index is 14.3. The molecule has 4 rings (SSSR count).